The van der Waals surface area contributed by atoms with E-state index in [9.17, 15) is 9.59 Å². The largest absolute Gasteiger partial charge is 0.369 e. The van der Waals surface area contributed by atoms with Crippen LogP contribution in [0.5, 0.6) is 0 Å². The highest BCUT2D eigenvalue weighted by atomic mass is 16.2. The predicted molar refractivity (Wildman–Crippen MR) is 85.6 cm³/mol. The van der Waals surface area contributed by atoms with Crippen molar-refractivity contribution in [2.45, 2.75) is 31.8 Å². The molecule has 3 rings (SSSR count). The third kappa shape index (κ3) is 3.14. The van der Waals surface area contributed by atoms with Crippen molar-refractivity contribution in [2.24, 2.45) is 5.92 Å². The molecule has 1 aromatic rings. The van der Waals surface area contributed by atoms with Crippen LogP contribution in [0.25, 0.3) is 0 Å². The summed E-state index contributed by atoms with van der Waals surface area (Å²) in [5, 5.41) is 15.0. The maximum Gasteiger partial charge on any atom is 0.226 e. The highest BCUT2D eigenvalue weighted by molar-refractivity contribution is 5.83. The second kappa shape index (κ2) is 6.29. The molecule has 23 heavy (non-hydrogen) atoms. The molecule has 0 radical (unpaired) electrons. The average Bonchev–Trinajstić information content (AvgIpc) is 2.49. The Morgan fingerprint density at radius 1 is 1.39 bits per heavy atom. The van der Waals surface area contributed by atoms with E-state index in [1.807, 2.05) is 25.1 Å². The Bertz CT molecular complexity index is 661. The van der Waals surface area contributed by atoms with Crippen LogP contribution in [-0.4, -0.2) is 37.0 Å². The van der Waals surface area contributed by atoms with Crippen molar-refractivity contribution in [1.29, 1.82) is 5.26 Å². The van der Waals surface area contributed by atoms with Crippen molar-refractivity contribution >= 4 is 17.5 Å². The minimum absolute atomic E-state index is 0.000597. The summed E-state index contributed by atoms with van der Waals surface area (Å²) in [5.74, 6) is 0.0150. The number of para-hydroxylation sites is 1. The number of carbonyl (C=O) groups is 2. The average molecular weight is 312 g/mol. The van der Waals surface area contributed by atoms with Crippen LogP contribution in [0.1, 0.15) is 25.3 Å². The number of carbonyl (C=O) groups excluding carboxylic acids is 2. The number of nitrogens with zero attached hydrogens (tertiary/aromatic N) is 2. The summed E-state index contributed by atoms with van der Waals surface area (Å²) in [5.41, 5.74) is 1.52. The van der Waals surface area contributed by atoms with Gasteiger partial charge in [-0.1, -0.05) is 12.1 Å². The van der Waals surface area contributed by atoms with Crippen molar-refractivity contribution in [3.63, 3.8) is 0 Å². The topological polar surface area (TPSA) is 85.2 Å². The minimum Gasteiger partial charge on any atom is -0.369 e. The molecule has 2 N–H and O–H groups in total. The van der Waals surface area contributed by atoms with Gasteiger partial charge in [-0.3, -0.25) is 9.59 Å². The van der Waals surface area contributed by atoms with Gasteiger partial charge >= 0.3 is 0 Å². The van der Waals surface area contributed by atoms with Gasteiger partial charge in [0.15, 0.2) is 0 Å². The van der Waals surface area contributed by atoms with Crippen LogP contribution in [0.2, 0.25) is 0 Å². The van der Waals surface area contributed by atoms with Crippen molar-refractivity contribution in [3.8, 4) is 6.07 Å². The molecular weight excluding hydrogens is 292 g/mol. The van der Waals surface area contributed by atoms with Gasteiger partial charge in [0.2, 0.25) is 11.8 Å². The molecule has 0 bridgehead atoms. The van der Waals surface area contributed by atoms with Crippen LogP contribution in [0, 0.1) is 17.2 Å². The van der Waals surface area contributed by atoms with Crippen molar-refractivity contribution in [3.05, 3.63) is 29.8 Å². The van der Waals surface area contributed by atoms with Crippen LogP contribution in [0.3, 0.4) is 0 Å². The highest BCUT2D eigenvalue weighted by Gasteiger charge is 2.36. The highest BCUT2D eigenvalue weighted by Crippen LogP contribution is 2.27. The van der Waals surface area contributed by atoms with E-state index >= 15 is 0 Å². The number of nitrogens with one attached hydrogen (secondary N) is 2. The van der Waals surface area contributed by atoms with E-state index in [4.69, 9.17) is 5.26 Å². The zero-order chi connectivity index (χ0) is 16.4. The molecule has 2 saturated heterocycles. The number of benzene rings is 1. The molecule has 2 atom stereocenters. The Hall–Kier alpha value is -2.55. The quantitative estimate of drug-likeness (QED) is 0.863. The molecule has 1 aromatic carbocycles. The van der Waals surface area contributed by atoms with Gasteiger partial charge in [-0.05, 0) is 25.5 Å². The van der Waals surface area contributed by atoms with Gasteiger partial charge in [0, 0.05) is 31.6 Å². The standard InChI is InChI=1S/C17H20N4O2/c1-11-14(6-7-16(22)19-11)20-17(23)13-9-21(10-13)15-5-3-2-4-12(15)8-18/h2-5,11,13-14H,6-7,9-10H2,1H3,(H,19,22)(H,20,23). The molecule has 2 unspecified atom stereocenters. The van der Waals surface area contributed by atoms with Gasteiger partial charge < -0.3 is 15.5 Å². The normalized spacial score (nSPS) is 24.3. The van der Waals surface area contributed by atoms with E-state index < -0.39 is 0 Å². The van der Waals surface area contributed by atoms with Gasteiger partial charge in [-0.25, -0.2) is 0 Å². The Labute approximate surface area is 135 Å². The third-order valence-electron chi connectivity index (χ3n) is 4.62. The minimum atomic E-state index is -0.0634. The first-order chi connectivity index (χ1) is 11.1. The van der Waals surface area contributed by atoms with Gasteiger partial charge in [0.05, 0.1) is 17.2 Å². The summed E-state index contributed by atoms with van der Waals surface area (Å²) in [6, 6.07) is 9.58. The molecular formula is C17H20N4O2. The van der Waals surface area contributed by atoms with Gasteiger partial charge in [0.1, 0.15) is 6.07 Å². The van der Waals surface area contributed by atoms with E-state index in [1.54, 1.807) is 6.07 Å². The van der Waals surface area contributed by atoms with Gasteiger partial charge in [-0.2, -0.15) is 5.26 Å². The van der Waals surface area contributed by atoms with Crippen LogP contribution in [-0.2, 0) is 9.59 Å². The molecule has 0 aliphatic carbocycles. The number of piperidine rings is 1. The fourth-order valence-electron chi connectivity index (χ4n) is 3.15. The zero-order valence-corrected chi connectivity index (χ0v) is 13.1. The zero-order valence-electron chi connectivity index (χ0n) is 13.1. The molecule has 0 spiro atoms. The first-order valence-electron chi connectivity index (χ1n) is 7.92. The van der Waals surface area contributed by atoms with Gasteiger partial charge in [-0.15, -0.1) is 0 Å². The summed E-state index contributed by atoms with van der Waals surface area (Å²) >= 11 is 0. The van der Waals surface area contributed by atoms with Crippen LogP contribution in [0.4, 0.5) is 5.69 Å². The predicted octanol–water partition coefficient (Wildman–Crippen LogP) is 0.778. The lowest BCUT2D eigenvalue weighted by molar-refractivity contribution is -0.129. The van der Waals surface area contributed by atoms with Gasteiger partial charge in [0.25, 0.3) is 0 Å². The Morgan fingerprint density at radius 3 is 2.83 bits per heavy atom. The molecule has 2 heterocycles. The van der Waals surface area contributed by atoms with Crippen LogP contribution >= 0.6 is 0 Å². The van der Waals surface area contributed by atoms with E-state index in [0.29, 0.717) is 31.5 Å². The van der Waals surface area contributed by atoms with Crippen molar-refractivity contribution in [1.82, 2.24) is 10.6 Å². The van der Waals surface area contributed by atoms with E-state index in [2.05, 4.69) is 21.6 Å². The molecule has 2 aliphatic heterocycles. The monoisotopic (exact) mass is 312 g/mol. The summed E-state index contributed by atoms with van der Waals surface area (Å²) in [6.07, 6.45) is 1.15. The molecule has 0 saturated carbocycles. The lowest BCUT2D eigenvalue weighted by Gasteiger charge is -2.41. The Kier molecular flexibility index (Phi) is 4.20. The number of anilines is 1. The van der Waals surface area contributed by atoms with Crippen molar-refractivity contribution < 1.29 is 9.59 Å². The molecule has 120 valence electrons. The Morgan fingerprint density at radius 2 is 2.13 bits per heavy atom. The molecule has 2 fully saturated rings. The Balaban J connectivity index is 1.54. The second-order valence-electron chi connectivity index (χ2n) is 6.24. The molecule has 2 amide bonds. The molecule has 6 nitrogen and oxygen atoms in total. The first-order valence-corrected chi connectivity index (χ1v) is 7.92. The van der Waals surface area contributed by atoms with E-state index in [1.165, 1.54) is 0 Å². The summed E-state index contributed by atoms with van der Waals surface area (Å²) < 4.78 is 0. The third-order valence-corrected chi connectivity index (χ3v) is 4.62. The second-order valence-corrected chi connectivity index (χ2v) is 6.24. The summed E-state index contributed by atoms with van der Waals surface area (Å²) in [7, 11) is 0. The maximum atomic E-state index is 12.3. The number of amides is 2. The maximum absolute atomic E-state index is 12.3. The lowest BCUT2D eigenvalue weighted by Crippen LogP contribution is -2.59. The summed E-state index contributed by atoms with van der Waals surface area (Å²) in [6.45, 7) is 3.16. The SMILES string of the molecule is CC1NC(=O)CCC1NC(=O)C1CN(c2ccccc2C#N)C1. The number of hydrogen-bond acceptors (Lipinski definition) is 4. The molecule has 0 aromatic heterocycles. The van der Waals surface area contributed by atoms with Crippen LogP contribution in [0.15, 0.2) is 24.3 Å². The fourth-order valence-corrected chi connectivity index (χ4v) is 3.15. The van der Waals surface area contributed by atoms with Crippen molar-refractivity contribution in [2.75, 3.05) is 18.0 Å². The first kappa shape index (κ1) is 15.3. The molecule has 6 heteroatoms. The number of hydrogen-bond donors (Lipinski definition) is 2. The smallest absolute Gasteiger partial charge is 0.226 e. The van der Waals surface area contributed by atoms with Crippen LogP contribution < -0.4 is 15.5 Å². The fraction of sp³-hybridized carbons (Fsp3) is 0.471. The summed E-state index contributed by atoms with van der Waals surface area (Å²) in [4.78, 5) is 25.7. The lowest BCUT2D eigenvalue weighted by atomic mass is 9.94. The van der Waals surface area contributed by atoms with E-state index in [0.717, 1.165) is 5.69 Å². The van der Waals surface area contributed by atoms with E-state index in [-0.39, 0.29) is 29.8 Å². The number of nitriles is 1. The number of rotatable bonds is 3. The molecule has 2 aliphatic rings.